The summed E-state index contributed by atoms with van der Waals surface area (Å²) < 4.78 is 2.07. The molecule has 1 aliphatic heterocycles. The molecule has 1 aliphatic rings. The van der Waals surface area contributed by atoms with Crippen molar-refractivity contribution in [3.05, 3.63) is 60.0 Å². The van der Waals surface area contributed by atoms with Gasteiger partial charge in [-0.1, -0.05) is 30.3 Å². The zero-order chi connectivity index (χ0) is 17.9. The number of benzene rings is 1. The molecular formula is C21H24N4O. The highest BCUT2D eigenvalue weighted by Crippen LogP contribution is 2.28. The molecule has 1 fully saturated rings. The highest BCUT2D eigenvalue weighted by Gasteiger charge is 2.30. The second-order valence-corrected chi connectivity index (χ2v) is 7.04. The maximum absolute atomic E-state index is 12.6. The summed E-state index contributed by atoms with van der Waals surface area (Å²) in [5, 5.41) is 0. The predicted molar refractivity (Wildman–Crippen MR) is 102 cm³/mol. The maximum Gasteiger partial charge on any atom is 0.222 e. The third kappa shape index (κ3) is 3.34. The van der Waals surface area contributed by atoms with E-state index in [1.807, 2.05) is 42.3 Å². The van der Waals surface area contributed by atoms with E-state index in [-0.39, 0.29) is 5.91 Å². The van der Waals surface area contributed by atoms with Crippen molar-refractivity contribution in [3.63, 3.8) is 0 Å². The summed E-state index contributed by atoms with van der Waals surface area (Å²) in [6.07, 6.45) is 5.25. The molecule has 3 aromatic rings. The van der Waals surface area contributed by atoms with Crippen LogP contribution < -0.4 is 0 Å². The number of carbonyl (C=O) groups excluding carboxylic acids is 1. The minimum atomic E-state index is 0.264. The van der Waals surface area contributed by atoms with Gasteiger partial charge in [0.05, 0.1) is 0 Å². The minimum Gasteiger partial charge on any atom is -0.342 e. The average Bonchev–Trinajstić information content (AvgIpc) is 3.28. The van der Waals surface area contributed by atoms with Crippen LogP contribution in [0.1, 0.15) is 36.6 Å². The van der Waals surface area contributed by atoms with E-state index in [2.05, 4.69) is 21.7 Å². The van der Waals surface area contributed by atoms with Crippen LogP contribution in [0.15, 0.2) is 48.7 Å². The fraction of sp³-hybridized carbons (Fsp3) is 0.381. The van der Waals surface area contributed by atoms with Crippen molar-refractivity contribution in [2.45, 2.75) is 31.6 Å². The fourth-order valence-corrected chi connectivity index (χ4v) is 3.85. The molecule has 26 heavy (non-hydrogen) atoms. The average molecular weight is 348 g/mol. The molecule has 1 saturated heterocycles. The number of aromatic nitrogens is 3. The number of hydrogen-bond acceptors (Lipinski definition) is 3. The molecule has 3 heterocycles. The fourth-order valence-electron chi connectivity index (χ4n) is 3.85. The van der Waals surface area contributed by atoms with Crippen LogP contribution in [0.2, 0.25) is 0 Å². The lowest BCUT2D eigenvalue weighted by Gasteiger charge is -2.16. The summed E-state index contributed by atoms with van der Waals surface area (Å²) >= 11 is 0. The second kappa shape index (κ2) is 7.28. The van der Waals surface area contributed by atoms with Crippen LogP contribution >= 0.6 is 0 Å². The molecule has 0 N–H and O–H groups in total. The molecule has 0 spiro atoms. The van der Waals surface area contributed by atoms with Crippen LogP contribution in [-0.4, -0.2) is 38.4 Å². The lowest BCUT2D eigenvalue weighted by molar-refractivity contribution is -0.130. The highest BCUT2D eigenvalue weighted by molar-refractivity contribution is 5.76. The third-order valence-electron chi connectivity index (χ3n) is 5.27. The molecule has 134 valence electrons. The Morgan fingerprint density at radius 1 is 1.19 bits per heavy atom. The summed E-state index contributed by atoms with van der Waals surface area (Å²) in [7, 11) is 2.02. The van der Waals surface area contributed by atoms with E-state index in [0.29, 0.717) is 12.3 Å². The van der Waals surface area contributed by atoms with Gasteiger partial charge in [0.25, 0.3) is 0 Å². The van der Waals surface area contributed by atoms with Gasteiger partial charge in [0.1, 0.15) is 11.3 Å². The molecule has 2 aromatic heterocycles. The van der Waals surface area contributed by atoms with E-state index >= 15 is 0 Å². The Hall–Kier alpha value is -2.69. The van der Waals surface area contributed by atoms with E-state index in [4.69, 9.17) is 4.98 Å². The number of pyridine rings is 1. The Bertz CT molecular complexity index is 903. The van der Waals surface area contributed by atoms with Gasteiger partial charge in [0.15, 0.2) is 5.65 Å². The Morgan fingerprint density at radius 2 is 2.04 bits per heavy atom. The van der Waals surface area contributed by atoms with Crippen molar-refractivity contribution in [2.75, 3.05) is 13.1 Å². The molecule has 0 aliphatic carbocycles. The molecule has 0 radical (unpaired) electrons. The van der Waals surface area contributed by atoms with Crippen LogP contribution in [0.5, 0.6) is 0 Å². The summed E-state index contributed by atoms with van der Waals surface area (Å²) in [5.41, 5.74) is 3.14. The van der Waals surface area contributed by atoms with Crippen molar-refractivity contribution in [1.82, 2.24) is 19.4 Å². The largest absolute Gasteiger partial charge is 0.342 e. The first-order valence-electron chi connectivity index (χ1n) is 9.31. The normalized spacial score (nSPS) is 17.1. The Balaban J connectivity index is 1.35. The number of fused-ring (bicyclic) bond motifs is 1. The van der Waals surface area contributed by atoms with Gasteiger partial charge >= 0.3 is 0 Å². The van der Waals surface area contributed by atoms with E-state index in [1.165, 1.54) is 5.56 Å². The van der Waals surface area contributed by atoms with Gasteiger partial charge in [0.2, 0.25) is 5.91 Å². The van der Waals surface area contributed by atoms with Crippen LogP contribution in [0.25, 0.3) is 11.2 Å². The first kappa shape index (κ1) is 16.8. The number of rotatable bonds is 5. The summed E-state index contributed by atoms with van der Waals surface area (Å²) in [5.74, 6) is 1.60. The van der Waals surface area contributed by atoms with Crippen LogP contribution in [0.3, 0.4) is 0 Å². The van der Waals surface area contributed by atoms with Gasteiger partial charge in [-0.3, -0.25) is 4.79 Å². The van der Waals surface area contributed by atoms with Crippen molar-refractivity contribution in [2.24, 2.45) is 7.05 Å². The topological polar surface area (TPSA) is 51.0 Å². The van der Waals surface area contributed by atoms with E-state index < -0.39 is 0 Å². The Labute approximate surface area is 153 Å². The molecule has 1 atom stereocenters. The van der Waals surface area contributed by atoms with Gasteiger partial charge in [-0.05, 0) is 37.0 Å². The lowest BCUT2D eigenvalue weighted by atomic mass is 10.1. The monoisotopic (exact) mass is 348 g/mol. The van der Waals surface area contributed by atoms with Crippen LogP contribution in [0, 0.1) is 0 Å². The minimum absolute atomic E-state index is 0.264. The number of likely N-dealkylation sites (tertiary alicyclic amines) is 1. The second-order valence-electron chi connectivity index (χ2n) is 7.04. The van der Waals surface area contributed by atoms with Gasteiger partial charge in [-0.25, -0.2) is 9.97 Å². The Morgan fingerprint density at radius 3 is 2.85 bits per heavy atom. The third-order valence-corrected chi connectivity index (χ3v) is 5.27. The van der Waals surface area contributed by atoms with Crippen molar-refractivity contribution < 1.29 is 4.79 Å². The number of imidazole rings is 1. The quantitative estimate of drug-likeness (QED) is 0.711. The lowest BCUT2D eigenvalue weighted by Crippen LogP contribution is -2.28. The number of carbonyl (C=O) groups is 1. The SMILES string of the molecule is Cn1c([C@@H]2CCN(C(=O)CCCc3ccccc3)C2)nc2cccnc21. The van der Waals surface area contributed by atoms with Crippen LogP contribution in [0.4, 0.5) is 0 Å². The first-order valence-corrected chi connectivity index (χ1v) is 9.31. The van der Waals surface area contributed by atoms with E-state index in [0.717, 1.165) is 49.3 Å². The van der Waals surface area contributed by atoms with Crippen molar-refractivity contribution in [1.29, 1.82) is 0 Å². The molecule has 4 rings (SSSR count). The van der Waals surface area contributed by atoms with Crippen LogP contribution in [-0.2, 0) is 18.3 Å². The molecular weight excluding hydrogens is 324 g/mol. The molecule has 5 nitrogen and oxygen atoms in total. The number of amides is 1. The zero-order valence-corrected chi connectivity index (χ0v) is 15.1. The van der Waals surface area contributed by atoms with Gasteiger partial charge in [-0.2, -0.15) is 0 Å². The predicted octanol–water partition coefficient (Wildman–Crippen LogP) is 3.31. The Kier molecular flexibility index (Phi) is 4.69. The smallest absolute Gasteiger partial charge is 0.222 e. The van der Waals surface area contributed by atoms with E-state index in [1.54, 1.807) is 6.20 Å². The molecule has 0 bridgehead atoms. The standard InChI is InChI=1S/C21H24N4O/c1-24-20(23-18-10-6-13-22-21(18)24)17-12-14-25(15-17)19(26)11-5-9-16-7-3-2-4-8-16/h2-4,6-8,10,13,17H,5,9,11-12,14-15H2,1H3/t17-/m1/s1. The first-order chi connectivity index (χ1) is 12.7. The molecule has 0 saturated carbocycles. The van der Waals surface area contributed by atoms with Gasteiger partial charge in [0, 0.05) is 38.7 Å². The zero-order valence-electron chi connectivity index (χ0n) is 15.1. The maximum atomic E-state index is 12.6. The summed E-state index contributed by atoms with van der Waals surface area (Å²) in [6.45, 7) is 1.59. The van der Waals surface area contributed by atoms with Crippen molar-refractivity contribution in [3.8, 4) is 0 Å². The molecule has 1 amide bonds. The number of aryl methyl sites for hydroxylation is 2. The number of hydrogen-bond donors (Lipinski definition) is 0. The van der Waals surface area contributed by atoms with E-state index in [9.17, 15) is 4.79 Å². The molecule has 5 heteroatoms. The molecule has 0 unspecified atom stereocenters. The highest BCUT2D eigenvalue weighted by atomic mass is 16.2. The summed E-state index contributed by atoms with van der Waals surface area (Å²) in [4.78, 5) is 23.7. The van der Waals surface area contributed by atoms with Gasteiger partial charge < -0.3 is 9.47 Å². The van der Waals surface area contributed by atoms with Crippen molar-refractivity contribution >= 4 is 17.1 Å². The molecule has 1 aromatic carbocycles. The summed E-state index contributed by atoms with van der Waals surface area (Å²) in [6, 6.07) is 14.3. The number of nitrogens with zero attached hydrogens (tertiary/aromatic N) is 4. The van der Waals surface area contributed by atoms with Gasteiger partial charge in [-0.15, -0.1) is 0 Å².